The zero-order chi connectivity index (χ0) is 22.5. The first kappa shape index (κ1) is 24.9. The summed E-state index contributed by atoms with van der Waals surface area (Å²) >= 11 is 0. The summed E-state index contributed by atoms with van der Waals surface area (Å²) in [5.41, 5.74) is 1.28. The number of aliphatic hydroxyl groups is 1. The fourth-order valence-electron chi connectivity index (χ4n) is 3.02. The maximum Gasteiger partial charge on any atom is 0.417 e. The number of halogens is 3. The van der Waals surface area contributed by atoms with Gasteiger partial charge in [-0.1, -0.05) is 82.2 Å². The van der Waals surface area contributed by atoms with Crippen molar-refractivity contribution in [2.45, 2.75) is 70.6 Å². The van der Waals surface area contributed by atoms with Gasteiger partial charge < -0.3 is 9.84 Å². The molecule has 1 N–H and O–H groups in total. The van der Waals surface area contributed by atoms with E-state index in [1.807, 2.05) is 0 Å². The molecule has 0 spiro atoms. The van der Waals surface area contributed by atoms with Crippen LogP contribution in [0.25, 0.3) is 17.5 Å². The summed E-state index contributed by atoms with van der Waals surface area (Å²) in [6.07, 6.45) is 7.98. The van der Waals surface area contributed by atoms with E-state index in [9.17, 15) is 13.2 Å². The molecule has 0 saturated carbocycles. The van der Waals surface area contributed by atoms with E-state index in [1.54, 1.807) is 36.7 Å². The molecule has 1 aromatic carbocycles. The van der Waals surface area contributed by atoms with Crippen molar-refractivity contribution in [3.63, 3.8) is 0 Å². The van der Waals surface area contributed by atoms with E-state index in [4.69, 9.17) is 9.84 Å². The number of rotatable bonds is 13. The van der Waals surface area contributed by atoms with Crippen molar-refractivity contribution in [1.82, 2.24) is 9.97 Å². The molecule has 0 saturated heterocycles. The predicted octanol–water partition coefficient (Wildman–Crippen LogP) is 6.60. The monoisotopic (exact) mass is 436 g/mol. The van der Waals surface area contributed by atoms with Gasteiger partial charge in [-0.05, 0) is 18.1 Å². The largest absolute Gasteiger partial charge is 0.490 e. The number of hydrogen-bond acceptors (Lipinski definition) is 4. The van der Waals surface area contributed by atoms with Gasteiger partial charge in [-0.15, -0.1) is 0 Å². The van der Waals surface area contributed by atoms with Crippen LogP contribution >= 0.6 is 0 Å². The van der Waals surface area contributed by atoms with Crippen molar-refractivity contribution < 1.29 is 23.0 Å². The number of hydrogen-bond donors (Lipinski definition) is 1. The Bertz CT molecular complexity index is 775. The van der Waals surface area contributed by atoms with E-state index in [0.717, 1.165) is 18.4 Å². The molecule has 0 aliphatic rings. The second-order valence-corrected chi connectivity index (χ2v) is 7.53. The van der Waals surface area contributed by atoms with Gasteiger partial charge in [-0.2, -0.15) is 13.2 Å². The molecule has 31 heavy (non-hydrogen) atoms. The highest BCUT2D eigenvalue weighted by atomic mass is 19.4. The SMILES string of the molecule is CCCCCCCCCCOc1cnc(-c2ccc(C=CC(O)C(F)(F)F)cc2)nc1. The zero-order valence-electron chi connectivity index (χ0n) is 17.9. The van der Waals surface area contributed by atoms with Gasteiger partial charge in [0.05, 0.1) is 19.0 Å². The molecular weight excluding hydrogens is 405 g/mol. The minimum Gasteiger partial charge on any atom is -0.490 e. The molecular formula is C24H31F3N2O2. The smallest absolute Gasteiger partial charge is 0.417 e. The molecule has 0 bridgehead atoms. The number of benzene rings is 1. The first-order chi connectivity index (χ1) is 14.9. The topological polar surface area (TPSA) is 55.2 Å². The van der Waals surface area contributed by atoms with Crippen molar-refractivity contribution in [1.29, 1.82) is 0 Å². The van der Waals surface area contributed by atoms with Crippen LogP contribution in [-0.2, 0) is 0 Å². The number of unbranched alkanes of at least 4 members (excludes halogenated alkanes) is 7. The number of nitrogens with zero attached hydrogens (tertiary/aromatic N) is 2. The second kappa shape index (κ2) is 13.1. The molecule has 0 aliphatic carbocycles. The first-order valence-corrected chi connectivity index (χ1v) is 10.9. The predicted molar refractivity (Wildman–Crippen MR) is 117 cm³/mol. The maximum atomic E-state index is 12.3. The summed E-state index contributed by atoms with van der Waals surface area (Å²) in [5, 5.41) is 9.01. The Kier molecular flexibility index (Phi) is 10.5. The van der Waals surface area contributed by atoms with Crippen LogP contribution in [-0.4, -0.2) is 34.0 Å². The van der Waals surface area contributed by atoms with E-state index in [1.165, 1.54) is 44.6 Å². The third-order valence-electron chi connectivity index (χ3n) is 4.87. The van der Waals surface area contributed by atoms with E-state index in [0.29, 0.717) is 29.8 Å². The Labute approximate surface area is 182 Å². The average Bonchev–Trinajstić information content (AvgIpc) is 2.76. The van der Waals surface area contributed by atoms with Crippen molar-refractivity contribution in [2.24, 2.45) is 0 Å². The second-order valence-electron chi connectivity index (χ2n) is 7.53. The molecule has 0 amide bonds. The van der Waals surface area contributed by atoms with Gasteiger partial charge in [0, 0.05) is 5.56 Å². The first-order valence-electron chi connectivity index (χ1n) is 10.9. The highest BCUT2D eigenvalue weighted by Gasteiger charge is 2.36. The van der Waals surface area contributed by atoms with Crippen LogP contribution in [0.15, 0.2) is 42.7 Å². The highest BCUT2D eigenvalue weighted by molar-refractivity contribution is 5.59. The van der Waals surface area contributed by atoms with Crippen LogP contribution in [0.1, 0.15) is 63.9 Å². The van der Waals surface area contributed by atoms with Gasteiger partial charge in [0.25, 0.3) is 0 Å². The molecule has 1 unspecified atom stereocenters. The Balaban J connectivity index is 1.74. The summed E-state index contributed by atoms with van der Waals surface area (Å²) in [6, 6.07) is 6.72. The number of ether oxygens (including phenoxy) is 1. The minimum absolute atomic E-state index is 0.505. The van der Waals surface area contributed by atoms with Crippen LogP contribution in [0.2, 0.25) is 0 Å². The van der Waals surface area contributed by atoms with E-state index < -0.39 is 12.3 Å². The molecule has 1 atom stereocenters. The molecule has 0 radical (unpaired) electrons. The lowest BCUT2D eigenvalue weighted by Crippen LogP contribution is -2.25. The number of alkyl halides is 3. The summed E-state index contributed by atoms with van der Waals surface area (Å²) < 4.78 is 42.7. The average molecular weight is 437 g/mol. The van der Waals surface area contributed by atoms with Crippen molar-refractivity contribution in [2.75, 3.05) is 6.61 Å². The Morgan fingerprint density at radius 1 is 0.935 bits per heavy atom. The van der Waals surface area contributed by atoms with Gasteiger partial charge in [-0.3, -0.25) is 0 Å². The van der Waals surface area contributed by atoms with Crippen molar-refractivity contribution in [3.8, 4) is 17.1 Å². The Morgan fingerprint density at radius 3 is 2.10 bits per heavy atom. The summed E-state index contributed by atoms with van der Waals surface area (Å²) in [7, 11) is 0. The third-order valence-corrected chi connectivity index (χ3v) is 4.87. The van der Waals surface area contributed by atoms with Crippen LogP contribution in [0.3, 0.4) is 0 Å². The quantitative estimate of drug-likeness (QED) is 0.360. The fraction of sp³-hybridized carbons (Fsp3) is 0.500. The van der Waals surface area contributed by atoms with Gasteiger partial charge >= 0.3 is 6.18 Å². The highest BCUT2D eigenvalue weighted by Crippen LogP contribution is 2.22. The summed E-state index contributed by atoms with van der Waals surface area (Å²) in [6.45, 7) is 2.86. The standard InChI is InChI=1S/C24H31F3N2O2/c1-2-3-4-5-6-7-8-9-16-31-21-17-28-23(29-18-21)20-13-10-19(11-14-20)12-15-22(30)24(25,26)27/h10-15,17-18,22,30H,2-9,16H2,1H3. The molecule has 0 fully saturated rings. The minimum atomic E-state index is -4.66. The van der Waals surface area contributed by atoms with Crippen molar-refractivity contribution in [3.05, 3.63) is 48.3 Å². The van der Waals surface area contributed by atoms with Gasteiger partial charge in [0.1, 0.15) is 0 Å². The van der Waals surface area contributed by atoms with Gasteiger partial charge in [0.2, 0.25) is 0 Å². The third kappa shape index (κ3) is 9.51. The van der Waals surface area contributed by atoms with Crippen LogP contribution < -0.4 is 4.74 Å². The lowest BCUT2D eigenvalue weighted by molar-refractivity contribution is -0.187. The normalized spacial score (nSPS) is 12.9. The Morgan fingerprint density at radius 2 is 1.52 bits per heavy atom. The van der Waals surface area contributed by atoms with E-state index >= 15 is 0 Å². The molecule has 170 valence electrons. The molecule has 0 aliphatic heterocycles. The van der Waals surface area contributed by atoms with Crippen LogP contribution in [0, 0.1) is 0 Å². The van der Waals surface area contributed by atoms with E-state index in [2.05, 4.69) is 16.9 Å². The molecule has 2 aromatic rings. The number of aliphatic hydroxyl groups excluding tert-OH is 1. The lowest BCUT2D eigenvalue weighted by Gasteiger charge is -2.09. The van der Waals surface area contributed by atoms with Crippen LogP contribution in [0.5, 0.6) is 5.75 Å². The molecule has 1 heterocycles. The molecule has 7 heteroatoms. The Hall–Kier alpha value is -2.41. The van der Waals surface area contributed by atoms with Gasteiger partial charge in [0.15, 0.2) is 17.7 Å². The summed E-state index contributed by atoms with van der Waals surface area (Å²) in [5.74, 6) is 1.12. The van der Waals surface area contributed by atoms with Crippen LogP contribution in [0.4, 0.5) is 13.2 Å². The lowest BCUT2D eigenvalue weighted by atomic mass is 10.1. The van der Waals surface area contributed by atoms with Gasteiger partial charge in [-0.25, -0.2) is 9.97 Å². The molecule has 2 rings (SSSR count). The summed E-state index contributed by atoms with van der Waals surface area (Å²) in [4.78, 5) is 8.60. The fourth-order valence-corrected chi connectivity index (χ4v) is 3.02. The maximum absolute atomic E-state index is 12.3. The van der Waals surface area contributed by atoms with E-state index in [-0.39, 0.29) is 0 Å². The molecule has 4 nitrogen and oxygen atoms in total. The molecule has 1 aromatic heterocycles. The number of aromatic nitrogens is 2. The zero-order valence-corrected chi connectivity index (χ0v) is 17.9. The van der Waals surface area contributed by atoms with Crippen molar-refractivity contribution >= 4 is 6.08 Å².